The number of aryl methyl sites for hydroxylation is 1. The van der Waals surface area contributed by atoms with Gasteiger partial charge in [-0.05, 0) is 30.7 Å². The number of alkyl halides is 3. The summed E-state index contributed by atoms with van der Waals surface area (Å²) in [4.78, 5) is 26.5. The van der Waals surface area contributed by atoms with Gasteiger partial charge in [0, 0.05) is 37.3 Å². The van der Waals surface area contributed by atoms with Crippen molar-refractivity contribution in [1.29, 1.82) is 0 Å². The first kappa shape index (κ1) is 21.1. The zero-order valence-corrected chi connectivity index (χ0v) is 17.2. The molecule has 1 aliphatic rings. The van der Waals surface area contributed by atoms with Crippen LogP contribution in [-0.4, -0.2) is 59.8 Å². The Hall–Kier alpha value is -3.80. The summed E-state index contributed by atoms with van der Waals surface area (Å²) in [7, 11) is 1.76. The maximum Gasteiger partial charge on any atom is 0.471 e. The van der Waals surface area contributed by atoms with Gasteiger partial charge in [-0.1, -0.05) is 5.16 Å². The van der Waals surface area contributed by atoms with Crippen LogP contribution in [-0.2, 0) is 13.2 Å². The number of β-amino-alcohol motifs (C(OH)–C–C–N with tert-alkyl or cyclic N) is 1. The van der Waals surface area contributed by atoms with Crippen molar-refractivity contribution in [3.63, 3.8) is 0 Å². The van der Waals surface area contributed by atoms with Crippen LogP contribution in [0, 0.1) is 0 Å². The van der Waals surface area contributed by atoms with E-state index in [1.807, 2.05) is 0 Å². The lowest BCUT2D eigenvalue weighted by molar-refractivity contribution is -0.159. The SMILES string of the molecule is Cn1c(C(=O)N2CC[C@@H](O)C2)cc2cc(-c3cc(-c4noc(C(F)(F)F)n4)ccn3)ncc21. The number of halogens is 3. The van der Waals surface area contributed by atoms with E-state index in [-0.39, 0.29) is 17.3 Å². The van der Waals surface area contributed by atoms with Crippen LogP contribution in [0.3, 0.4) is 0 Å². The first-order valence-corrected chi connectivity index (χ1v) is 10.0. The largest absolute Gasteiger partial charge is 0.471 e. The first-order valence-electron chi connectivity index (χ1n) is 10.0. The molecule has 0 unspecified atom stereocenters. The third-order valence-corrected chi connectivity index (χ3v) is 5.55. The number of hydrogen-bond acceptors (Lipinski definition) is 7. The van der Waals surface area contributed by atoms with E-state index < -0.39 is 18.2 Å². The summed E-state index contributed by atoms with van der Waals surface area (Å²) in [5.41, 5.74) is 2.34. The molecule has 1 fully saturated rings. The van der Waals surface area contributed by atoms with Crippen molar-refractivity contribution in [3.8, 4) is 22.8 Å². The Balaban J connectivity index is 1.48. The molecule has 1 atom stereocenters. The highest BCUT2D eigenvalue weighted by Crippen LogP contribution is 2.30. The van der Waals surface area contributed by atoms with E-state index >= 15 is 0 Å². The smallest absolute Gasteiger partial charge is 0.391 e. The molecule has 0 spiro atoms. The van der Waals surface area contributed by atoms with Gasteiger partial charge in [-0.2, -0.15) is 18.2 Å². The van der Waals surface area contributed by atoms with Gasteiger partial charge in [0.15, 0.2) is 0 Å². The molecular weight excluding hydrogens is 441 g/mol. The molecule has 33 heavy (non-hydrogen) atoms. The van der Waals surface area contributed by atoms with Crippen LogP contribution in [0.25, 0.3) is 33.7 Å². The van der Waals surface area contributed by atoms with Crippen LogP contribution in [0.2, 0.25) is 0 Å². The molecule has 1 N–H and O–H groups in total. The molecular formula is C21H17F3N6O3. The fourth-order valence-electron chi connectivity index (χ4n) is 3.83. The molecule has 0 radical (unpaired) electrons. The molecule has 12 heteroatoms. The number of likely N-dealkylation sites (tertiary alicyclic amines) is 1. The summed E-state index contributed by atoms with van der Waals surface area (Å²) in [5, 5.41) is 13.9. The molecule has 0 bridgehead atoms. The molecule has 1 aliphatic heterocycles. The van der Waals surface area contributed by atoms with Gasteiger partial charge in [0.05, 0.1) is 29.2 Å². The van der Waals surface area contributed by atoms with Crippen molar-refractivity contribution in [3.05, 3.63) is 48.2 Å². The lowest BCUT2D eigenvalue weighted by Crippen LogP contribution is -2.30. The summed E-state index contributed by atoms with van der Waals surface area (Å²) in [6.45, 7) is 0.792. The van der Waals surface area contributed by atoms with Crippen molar-refractivity contribution >= 4 is 16.8 Å². The predicted molar refractivity (Wildman–Crippen MR) is 109 cm³/mol. The Morgan fingerprint density at radius 1 is 1.21 bits per heavy atom. The van der Waals surface area contributed by atoms with Gasteiger partial charge in [0.2, 0.25) is 5.82 Å². The number of carbonyl (C=O) groups is 1. The summed E-state index contributed by atoms with van der Waals surface area (Å²) < 4.78 is 44.3. The highest BCUT2D eigenvalue weighted by atomic mass is 19.4. The van der Waals surface area contributed by atoms with Gasteiger partial charge in [-0.25, -0.2) is 0 Å². The number of nitrogens with zero attached hydrogens (tertiary/aromatic N) is 6. The van der Waals surface area contributed by atoms with E-state index in [0.29, 0.717) is 36.6 Å². The summed E-state index contributed by atoms with van der Waals surface area (Å²) in [5.74, 6) is -1.82. The minimum atomic E-state index is -4.73. The molecule has 1 amide bonds. The average Bonchev–Trinajstić information content (AvgIpc) is 3.52. The maximum atomic E-state index is 12.9. The fourth-order valence-corrected chi connectivity index (χ4v) is 3.83. The van der Waals surface area contributed by atoms with Gasteiger partial charge in [0.1, 0.15) is 5.69 Å². The molecule has 5 heterocycles. The number of fused-ring (bicyclic) bond motifs is 1. The van der Waals surface area contributed by atoms with Crippen molar-refractivity contribution in [2.24, 2.45) is 7.05 Å². The number of rotatable bonds is 3. The number of pyridine rings is 2. The van der Waals surface area contributed by atoms with Crippen LogP contribution in [0.4, 0.5) is 13.2 Å². The van der Waals surface area contributed by atoms with Crippen molar-refractivity contribution in [1.82, 2.24) is 29.6 Å². The summed E-state index contributed by atoms with van der Waals surface area (Å²) in [6.07, 6.45) is -1.68. The standard InChI is InChI=1S/C21H17F3N6O3/c1-29-16(19(32)30-5-3-13(31)10-30)8-12-7-15(26-9-17(12)29)14-6-11(2-4-25-14)18-27-20(33-28-18)21(22,23)24/h2,4,6-9,13,31H,3,5,10H2,1H3/t13-/m1/s1. The zero-order chi connectivity index (χ0) is 23.3. The zero-order valence-electron chi connectivity index (χ0n) is 17.2. The third kappa shape index (κ3) is 3.82. The van der Waals surface area contributed by atoms with E-state index in [1.54, 1.807) is 34.8 Å². The number of carbonyl (C=O) groups excluding carboxylic acids is 1. The second-order valence-corrected chi connectivity index (χ2v) is 7.76. The fraction of sp³-hybridized carbons (Fsp3) is 0.286. The second-order valence-electron chi connectivity index (χ2n) is 7.76. The molecule has 9 nitrogen and oxygen atoms in total. The minimum absolute atomic E-state index is 0.176. The Bertz CT molecular complexity index is 1360. The highest BCUT2D eigenvalue weighted by molar-refractivity contribution is 5.99. The van der Waals surface area contributed by atoms with Crippen LogP contribution in [0.15, 0.2) is 41.2 Å². The Morgan fingerprint density at radius 3 is 2.70 bits per heavy atom. The number of amides is 1. The van der Waals surface area contributed by atoms with Gasteiger partial charge < -0.3 is 19.1 Å². The monoisotopic (exact) mass is 458 g/mol. The van der Waals surface area contributed by atoms with Gasteiger partial charge in [0.25, 0.3) is 5.91 Å². The number of hydrogen-bond donors (Lipinski definition) is 1. The number of aliphatic hydroxyl groups excluding tert-OH is 1. The highest BCUT2D eigenvalue weighted by Gasteiger charge is 2.38. The molecule has 5 rings (SSSR count). The molecule has 170 valence electrons. The van der Waals surface area contributed by atoms with E-state index in [1.165, 1.54) is 18.3 Å². The molecule has 4 aromatic heterocycles. The average molecular weight is 458 g/mol. The van der Waals surface area contributed by atoms with E-state index in [2.05, 4.69) is 24.6 Å². The molecule has 0 aromatic carbocycles. The van der Waals surface area contributed by atoms with Crippen molar-refractivity contribution in [2.45, 2.75) is 18.7 Å². The number of aliphatic hydroxyl groups is 1. The molecule has 0 saturated carbocycles. The lowest BCUT2D eigenvalue weighted by Gasteiger charge is -2.15. The van der Waals surface area contributed by atoms with Crippen LogP contribution >= 0.6 is 0 Å². The van der Waals surface area contributed by atoms with E-state index in [9.17, 15) is 23.1 Å². The quantitative estimate of drug-likeness (QED) is 0.503. The van der Waals surface area contributed by atoms with E-state index in [0.717, 1.165) is 10.9 Å². The van der Waals surface area contributed by atoms with Gasteiger partial charge in [-0.3, -0.25) is 14.8 Å². The second kappa shape index (κ2) is 7.66. The van der Waals surface area contributed by atoms with Crippen molar-refractivity contribution < 1.29 is 27.6 Å². The normalized spacial score (nSPS) is 16.6. The maximum absolute atomic E-state index is 12.9. The first-order chi connectivity index (χ1) is 15.7. The Morgan fingerprint density at radius 2 is 2.00 bits per heavy atom. The Labute approximate surface area is 184 Å². The molecule has 1 saturated heterocycles. The topological polar surface area (TPSA) is 110 Å². The predicted octanol–water partition coefficient (Wildman–Crippen LogP) is 2.91. The van der Waals surface area contributed by atoms with Gasteiger partial charge >= 0.3 is 12.1 Å². The Kier molecular flexibility index (Phi) is 4.89. The third-order valence-electron chi connectivity index (χ3n) is 5.55. The number of aromatic nitrogens is 5. The van der Waals surface area contributed by atoms with Crippen LogP contribution in [0.1, 0.15) is 22.8 Å². The van der Waals surface area contributed by atoms with Crippen molar-refractivity contribution in [2.75, 3.05) is 13.1 Å². The lowest BCUT2D eigenvalue weighted by atomic mass is 10.1. The summed E-state index contributed by atoms with van der Waals surface area (Å²) in [6, 6.07) is 6.47. The van der Waals surface area contributed by atoms with Crippen LogP contribution < -0.4 is 0 Å². The van der Waals surface area contributed by atoms with Gasteiger partial charge in [-0.15, -0.1) is 0 Å². The van der Waals surface area contributed by atoms with Crippen LogP contribution in [0.5, 0.6) is 0 Å². The molecule has 4 aromatic rings. The van der Waals surface area contributed by atoms with E-state index in [4.69, 9.17) is 0 Å². The summed E-state index contributed by atoms with van der Waals surface area (Å²) >= 11 is 0. The molecule has 0 aliphatic carbocycles. The minimum Gasteiger partial charge on any atom is -0.391 e.